The Morgan fingerprint density at radius 3 is 2.78 bits per heavy atom. The van der Waals surface area contributed by atoms with Gasteiger partial charge in [0.05, 0.1) is 0 Å². The molecule has 0 aliphatic heterocycles. The van der Waals surface area contributed by atoms with E-state index in [1.807, 2.05) is 0 Å². The Hall–Kier alpha value is -1.61. The average Bonchev–Trinajstić information content (AvgIpc) is 3.20. The fourth-order valence-electron chi connectivity index (χ4n) is 2.89. The summed E-state index contributed by atoms with van der Waals surface area (Å²) in [6.07, 6.45) is 4.38. The molecule has 0 saturated heterocycles. The highest BCUT2D eigenvalue weighted by Gasteiger charge is 2.29. The van der Waals surface area contributed by atoms with Crippen molar-refractivity contribution in [3.63, 3.8) is 0 Å². The Balaban J connectivity index is 1.54. The number of hydrogen-bond donors (Lipinski definition) is 2. The topological polar surface area (TPSA) is 92.7 Å². The van der Waals surface area contributed by atoms with Crippen LogP contribution in [0.1, 0.15) is 49.0 Å². The molecule has 1 saturated carbocycles. The summed E-state index contributed by atoms with van der Waals surface area (Å²) in [6.45, 7) is 4.41. The van der Waals surface area contributed by atoms with Crippen LogP contribution in [0.25, 0.3) is 0 Å². The van der Waals surface area contributed by atoms with Crippen LogP contribution in [-0.4, -0.2) is 32.8 Å². The maximum absolute atomic E-state index is 11.0. The Kier molecular flexibility index (Phi) is 5.16. The van der Waals surface area contributed by atoms with Crippen LogP contribution in [0.3, 0.4) is 0 Å². The molecular weight excluding hydrogens is 332 g/mol. The highest BCUT2D eigenvalue weighted by molar-refractivity contribution is 7.15. The van der Waals surface area contributed by atoms with Gasteiger partial charge in [-0.1, -0.05) is 22.7 Å². The Morgan fingerprint density at radius 2 is 2.00 bits per heavy atom. The quantitative estimate of drug-likeness (QED) is 0.830. The van der Waals surface area contributed by atoms with E-state index in [1.165, 1.54) is 24.7 Å². The molecule has 0 spiro atoms. The van der Waals surface area contributed by atoms with Crippen molar-refractivity contribution in [1.82, 2.24) is 20.4 Å². The number of anilines is 2. The Labute approximate surface area is 142 Å². The minimum atomic E-state index is -0.110. The van der Waals surface area contributed by atoms with E-state index in [-0.39, 0.29) is 5.91 Å². The summed E-state index contributed by atoms with van der Waals surface area (Å²) in [7, 11) is 0. The molecule has 1 aliphatic rings. The fourth-order valence-corrected chi connectivity index (χ4v) is 4.75. The van der Waals surface area contributed by atoms with E-state index in [4.69, 9.17) is 0 Å². The maximum Gasteiger partial charge on any atom is 0.223 e. The number of carbonyl (C=O) groups is 1. The third-order valence-corrected chi connectivity index (χ3v) is 5.78. The third kappa shape index (κ3) is 4.23. The molecule has 0 bridgehead atoms. The van der Waals surface area contributed by atoms with Crippen molar-refractivity contribution in [3.05, 3.63) is 10.0 Å². The van der Waals surface area contributed by atoms with Crippen molar-refractivity contribution in [3.8, 4) is 0 Å². The molecule has 124 valence electrons. The van der Waals surface area contributed by atoms with Gasteiger partial charge in [-0.3, -0.25) is 4.79 Å². The first kappa shape index (κ1) is 16.3. The lowest BCUT2D eigenvalue weighted by atomic mass is 10.0. The van der Waals surface area contributed by atoms with Crippen LogP contribution in [-0.2, 0) is 11.2 Å². The van der Waals surface area contributed by atoms with Crippen LogP contribution in [0.5, 0.6) is 0 Å². The van der Waals surface area contributed by atoms with Gasteiger partial charge in [0.2, 0.25) is 16.2 Å². The van der Waals surface area contributed by atoms with Crippen LogP contribution in [0, 0.1) is 5.92 Å². The van der Waals surface area contributed by atoms with E-state index in [0.717, 1.165) is 41.0 Å². The minimum Gasteiger partial charge on any atom is -0.360 e. The molecule has 23 heavy (non-hydrogen) atoms. The molecule has 0 aromatic carbocycles. The summed E-state index contributed by atoms with van der Waals surface area (Å²) in [6, 6.07) is 0. The molecule has 2 atom stereocenters. The van der Waals surface area contributed by atoms with Gasteiger partial charge in [-0.2, -0.15) is 0 Å². The summed E-state index contributed by atoms with van der Waals surface area (Å²) < 4.78 is 0. The van der Waals surface area contributed by atoms with Crippen molar-refractivity contribution >= 4 is 38.8 Å². The molecule has 2 aromatic rings. The van der Waals surface area contributed by atoms with Crippen molar-refractivity contribution in [2.45, 2.75) is 45.4 Å². The van der Waals surface area contributed by atoms with Gasteiger partial charge in [0.25, 0.3) is 0 Å². The highest BCUT2D eigenvalue weighted by Crippen LogP contribution is 2.41. The van der Waals surface area contributed by atoms with Crippen LogP contribution in [0.15, 0.2) is 0 Å². The molecule has 7 nitrogen and oxygen atoms in total. The van der Waals surface area contributed by atoms with Crippen LogP contribution >= 0.6 is 22.7 Å². The summed E-state index contributed by atoms with van der Waals surface area (Å²) in [5.41, 5.74) is 0. The second-order valence-corrected chi connectivity index (χ2v) is 7.81. The second kappa shape index (κ2) is 7.31. The predicted octanol–water partition coefficient (Wildman–Crippen LogP) is 2.91. The predicted molar refractivity (Wildman–Crippen MR) is 92.1 cm³/mol. The van der Waals surface area contributed by atoms with Crippen molar-refractivity contribution in [2.24, 2.45) is 5.92 Å². The lowest BCUT2D eigenvalue weighted by Crippen LogP contribution is -2.04. The number of amides is 1. The van der Waals surface area contributed by atoms with Gasteiger partial charge in [-0.05, 0) is 32.1 Å². The Bertz CT molecular complexity index is 670. The molecule has 2 aromatic heterocycles. The zero-order valence-corrected chi connectivity index (χ0v) is 14.8. The first-order chi connectivity index (χ1) is 11.1. The van der Waals surface area contributed by atoms with Gasteiger partial charge in [0.15, 0.2) is 0 Å². The number of nitrogens with zero attached hydrogens (tertiary/aromatic N) is 4. The summed E-state index contributed by atoms with van der Waals surface area (Å²) in [4.78, 5) is 11.0. The first-order valence-corrected chi connectivity index (χ1v) is 9.44. The van der Waals surface area contributed by atoms with Gasteiger partial charge in [0, 0.05) is 25.8 Å². The van der Waals surface area contributed by atoms with E-state index in [2.05, 4.69) is 38.0 Å². The van der Waals surface area contributed by atoms with E-state index in [9.17, 15) is 4.79 Å². The molecule has 1 fully saturated rings. The highest BCUT2D eigenvalue weighted by atomic mass is 32.1. The number of nitrogens with one attached hydrogen (secondary N) is 2. The smallest absolute Gasteiger partial charge is 0.223 e. The molecular formula is C14H20N6OS2. The normalized spacial score (nSPS) is 20.6. The van der Waals surface area contributed by atoms with E-state index >= 15 is 0 Å². The van der Waals surface area contributed by atoms with Crippen LogP contribution in [0.2, 0.25) is 0 Å². The van der Waals surface area contributed by atoms with E-state index in [0.29, 0.717) is 17.0 Å². The fraction of sp³-hybridized carbons (Fsp3) is 0.643. The van der Waals surface area contributed by atoms with Crippen LogP contribution in [0.4, 0.5) is 10.3 Å². The maximum atomic E-state index is 11.0. The number of carbonyl (C=O) groups excluding carboxylic acids is 1. The standard InChI is InChI=1S/C14H20N6OS2/c1-3-15-13-19-18-12(23-13)10-5-4-9(6-10)7-11-17-20-14(22-11)16-8(2)21/h9-10H,3-7H2,1-2H3,(H,15,19)(H,16,20,21)/t9-,10+/m1/s1. The molecule has 0 unspecified atom stereocenters. The molecule has 2 heterocycles. The average molecular weight is 352 g/mol. The lowest BCUT2D eigenvalue weighted by Gasteiger charge is -2.06. The van der Waals surface area contributed by atoms with Gasteiger partial charge >= 0.3 is 0 Å². The van der Waals surface area contributed by atoms with E-state index < -0.39 is 0 Å². The monoisotopic (exact) mass is 352 g/mol. The van der Waals surface area contributed by atoms with E-state index in [1.54, 1.807) is 11.3 Å². The number of aromatic nitrogens is 4. The SMILES string of the molecule is CCNc1nnc([C@H]2CC[C@@H](Cc3nnc(NC(C)=O)s3)C2)s1. The molecule has 3 rings (SSSR count). The number of hydrogen-bond acceptors (Lipinski definition) is 8. The molecule has 2 N–H and O–H groups in total. The molecule has 9 heteroatoms. The zero-order valence-electron chi connectivity index (χ0n) is 13.2. The first-order valence-electron chi connectivity index (χ1n) is 7.81. The summed E-state index contributed by atoms with van der Waals surface area (Å²) in [5, 5.41) is 26.2. The largest absolute Gasteiger partial charge is 0.360 e. The van der Waals surface area contributed by atoms with Gasteiger partial charge in [-0.25, -0.2) is 0 Å². The minimum absolute atomic E-state index is 0.110. The molecule has 1 aliphatic carbocycles. The zero-order chi connectivity index (χ0) is 16.2. The van der Waals surface area contributed by atoms with Crippen LogP contribution < -0.4 is 10.6 Å². The summed E-state index contributed by atoms with van der Waals surface area (Å²) in [5.74, 6) is 0.999. The van der Waals surface area contributed by atoms with Crippen molar-refractivity contribution in [1.29, 1.82) is 0 Å². The van der Waals surface area contributed by atoms with Crippen molar-refractivity contribution in [2.75, 3.05) is 17.2 Å². The van der Waals surface area contributed by atoms with Gasteiger partial charge in [-0.15, -0.1) is 20.4 Å². The Morgan fingerprint density at radius 1 is 1.17 bits per heavy atom. The number of rotatable bonds is 6. The second-order valence-electron chi connectivity index (χ2n) is 5.74. The van der Waals surface area contributed by atoms with Gasteiger partial charge in [0.1, 0.15) is 10.0 Å². The van der Waals surface area contributed by atoms with Crippen molar-refractivity contribution < 1.29 is 4.79 Å². The third-order valence-electron chi connectivity index (χ3n) is 3.87. The molecule has 1 amide bonds. The van der Waals surface area contributed by atoms with Gasteiger partial charge < -0.3 is 10.6 Å². The summed E-state index contributed by atoms with van der Waals surface area (Å²) >= 11 is 3.13. The molecule has 0 radical (unpaired) electrons. The lowest BCUT2D eigenvalue weighted by molar-refractivity contribution is -0.114.